The van der Waals surface area contributed by atoms with Gasteiger partial charge in [-0.1, -0.05) is 21.0 Å². The number of carbonyl (C=O) groups is 2. The Labute approximate surface area is 129 Å². The lowest BCUT2D eigenvalue weighted by molar-refractivity contribution is -0.117. The number of nitrogens with zero attached hydrogens (tertiary/aromatic N) is 4. The van der Waals surface area contributed by atoms with Crippen LogP contribution in [0.1, 0.15) is 16.8 Å². The molecule has 1 atom stereocenters. The van der Waals surface area contributed by atoms with Crippen molar-refractivity contribution in [3.05, 3.63) is 38.7 Å². The molecule has 1 amide bonds. The van der Waals surface area contributed by atoms with Gasteiger partial charge in [-0.3, -0.25) is 4.79 Å². The summed E-state index contributed by atoms with van der Waals surface area (Å²) in [6, 6.07) is 5.03. The molecule has 21 heavy (non-hydrogen) atoms. The Bertz CT molecular complexity index is 628. The molecule has 1 heterocycles. The molecule has 1 fully saturated rings. The molecule has 0 spiro atoms. The first-order valence-electron chi connectivity index (χ1n) is 6.26. The third-order valence-electron chi connectivity index (χ3n) is 3.26. The second kappa shape index (κ2) is 6.60. The van der Waals surface area contributed by atoms with E-state index in [9.17, 15) is 9.59 Å². The smallest absolute Gasteiger partial charge is 0.339 e. The van der Waals surface area contributed by atoms with E-state index in [1.165, 1.54) is 12.0 Å². The normalized spacial score (nSPS) is 17.5. The maximum atomic E-state index is 12.1. The molecule has 110 valence electrons. The average molecular weight is 353 g/mol. The zero-order valence-corrected chi connectivity index (χ0v) is 12.9. The summed E-state index contributed by atoms with van der Waals surface area (Å²) in [6.07, 6.45) is 0.298. The van der Waals surface area contributed by atoms with Crippen molar-refractivity contribution in [2.45, 2.75) is 6.42 Å². The zero-order valence-electron chi connectivity index (χ0n) is 11.3. The molecule has 0 N–H and O–H groups in total. The molecule has 0 saturated carbocycles. The molecule has 1 aromatic rings. The number of amides is 1. The highest BCUT2D eigenvalue weighted by Crippen LogP contribution is 2.31. The molecule has 0 radical (unpaired) electrons. The van der Waals surface area contributed by atoms with E-state index in [0.717, 1.165) is 4.47 Å². The number of hydrogen-bond acceptors (Lipinski definition) is 4. The summed E-state index contributed by atoms with van der Waals surface area (Å²) in [5, 5.41) is 3.51. The van der Waals surface area contributed by atoms with E-state index in [4.69, 9.17) is 10.3 Å². The predicted molar refractivity (Wildman–Crippen MR) is 80.0 cm³/mol. The molecular weight excluding hydrogens is 340 g/mol. The lowest BCUT2D eigenvalue weighted by Crippen LogP contribution is -2.27. The van der Waals surface area contributed by atoms with Crippen molar-refractivity contribution in [2.75, 3.05) is 25.1 Å². The highest BCUT2D eigenvalue weighted by molar-refractivity contribution is 9.10. The Morgan fingerprint density at radius 1 is 1.62 bits per heavy atom. The van der Waals surface area contributed by atoms with Crippen LogP contribution in [-0.4, -0.2) is 32.1 Å². The van der Waals surface area contributed by atoms with Gasteiger partial charge < -0.3 is 9.64 Å². The first-order chi connectivity index (χ1) is 10.1. The van der Waals surface area contributed by atoms with E-state index in [0.29, 0.717) is 24.2 Å². The van der Waals surface area contributed by atoms with Crippen LogP contribution in [0.15, 0.2) is 27.8 Å². The zero-order chi connectivity index (χ0) is 15.4. The minimum Gasteiger partial charge on any atom is -0.465 e. The molecule has 0 aliphatic carbocycles. The monoisotopic (exact) mass is 352 g/mol. The number of esters is 1. The second-order valence-corrected chi connectivity index (χ2v) is 5.56. The van der Waals surface area contributed by atoms with Gasteiger partial charge in [0, 0.05) is 28.9 Å². The molecule has 1 unspecified atom stereocenters. The Kier molecular flexibility index (Phi) is 4.82. The molecule has 1 aliphatic rings. The largest absolute Gasteiger partial charge is 0.465 e. The number of benzene rings is 1. The highest BCUT2D eigenvalue weighted by atomic mass is 79.9. The van der Waals surface area contributed by atoms with Crippen LogP contribution in [0.2, 0.25) is 0 Å². The Balaban J connectivity index is 2.33. The Morgan fingerprint density at radius 3 is 3.05 bits per heavy atom. The van der Waals surface area contributed by atoms with Crippen LogP contribution in [0.5, 0.6) is 0 Å². The summed E-state index contributed by atoms with van der Waals surface area (Å²) >= 11 is 3.33. The van der Waals surface area contributed by atoms with Gasteiger partial charge in [-0.15, -0.1) is 0 Å². The molecule has 1 saturated heterocycles. The van der Waals surface area contributed by atoms with Crippen molar-refractivity contribution in [3.63, 3.8) is 0 Å². The van der Waals surface area contributed by atoms with E-state index in [2.05, 4.69) is 26.0 Å². The number of anilines is 1. The van der Waals surface area contributed by atoms with Crippen molar-refractivity contribution in [2.24, 2.45) is 11.0 Å². The lowest BCUT2D eigenvalue weighted by atomic mass is 10.1. The van der Waals surface area contributed by atoms with Crippen LogP contribution in [0.3, 0.4) is 0 Å². The third kappa shape index (κ3) is 3.34. The summed E-state index contributed by atoms with van der Waals surface area (Å²) in [4.78, 5) is 28.2. The van der Waals surface area contributed by atoms with E-state index in [-0.39, 0.29) is 18.4 Å². The Hall–Kier alpha value is -2.05. The average Bonchev–Trinajstić information content (AvgIpc) is 2.85. The summed E-state index contributed by atoms with van der Waals surface area (Å²) < 4.78 is 5.51. The van der Waals surface area contributed by atoms with Gasteiger partial charge in [0.25, 0.3) is 0 Å². The van der Waals surface area contributed by atoms with Crippen molar-refractivity contribution >= 4 is 33.5 Å². The predicted octanol–water partition coefficient (Wildman–Crippen LogP) is 2.90. The number of halogens is 1. The minimum absolute atomic E-state index is 0.0436. The molecule has 1 aliphatic heterocycles. The summed E-state index contributed by atoms with van der Waals surface area (Å²) in [5.74, 6) is -0.641. The van der Waals surface area contributed by atoms with Gasteiger partial charge in [0.05, 0.1) is 18.4 Å². The summed E-state index contributed by atoms with van der Waals surface area (Å²) in [6.45, 7) is 0.679. The number of ether oxygens (including phenoxy) is 1. The molecule has 8 heteroatoms. The fraction of sp³-hybridized carbons (Fsp3) is 0.385. The van der Waals surface area contributed by atoms with Crippen LogP contribution in [0.4, 0.5) is 5.69 Å². The molecule has 0 bridgehead atoms. The fourth-order valence-electron chi connectivity index (χ4n) is 2.30. The van der Waals surface area contributed by atoms with Crippen LogP contribution in [-0.2, 0) is 9.53 Å². The van der Waals surface area contributed by atoms with Crippen LogP contribution in [0, 0.1) is 5.92 Å². The van der Waals surface area contributed by atoms with E-state index in [1.54, 1.807) is 18.2 Å². The molecule has 2 rings (SSSR count). The van der Waals surface area contributed by atoms with Crippen LogP contribution in [0.25, 0.3) is 10.4 Å². The number of carbonyl (C=O) groups excluding carboxylic acids is 2. The van der Waals surface area contributed by atoms with E-state index in [1.807, 2.05) is 0 Å². The standard InChI is InChI=1S/C13H13BrN4O3/c1-21-13(20)10-3-2-9(14)5-11(10)18-7-8(4-12(18)19)6-16-17-15/h2-3,5,8H,4,6-7H2,1H3. The molecule has 1 aromatic carbocycles. The Morgan fingerprint density at radius 2 is 2.38 bits per heavy atom. The molecule has 0 aromatic heterocycles. The van der Waals surface area contributed by atoms with Gasteiger partial charge in [0.1, 0.15) is 0 Å². The van der Waals surface area contributed by atoms with Gasteiger partial charge >= 0.3 is 5.97 Å². The summed E-state index contributed by atoms with van der Waals surface area (Å²) in [5.41, 5.74) is 9.19. The topological polar surface area (TPSA) is 95.4 Å². The van der Waals surface area contributed by atoms with Crippen LogP contribution < -0.4 is 4.90 Å². The molecule has 7 nitrogen and oxygen atoms in total. The van der Waals surface area contributed by atoms with Gasteiger partial charge in [0.2, 0.25) is 5.91 Å². The fourth-order valence-corrected chi connectivity index (χ4v) is 2.65. The number of azide groups is 1. The van der Waals surface area contributed by atoms with Gasteiger partial charge in [-0.25, -0.2) is 4.79 Å². The van der Waals surface area contributed by atoms with Crippen molar-refractivity contribution < 1.29 is 14.3 Å². The van der Waals surface area contributed by atoms with Crippen molar-refractivity contribution in [1.29, 1.82) is 0 Å². The maximum Gasteiger partial charge on any atom is 0.339 e. The highest BCUT2D eigenvalue weighted by Gasteiger charge is 2.32. The quantitative estimate of drug-likeness (QED) is 0.360. The molecular formula is C13H13BrN4O3. The first kappa shape index (κ1) is 15.3. The first-order valence-corrected chi connectivity index (χ1v) is 7.05. The van der Waals surface area contributed by atoms with E-state index < -0.39 is 5.97 Å². The van der Waals surface area contributed by atoms with Crippen LogP contribution >= 0.6 is 15.9 Å². The second-order valence-electron chi connectivity index (χ2n) is 4.64. The lowest BCUT2D eigenvalue weighted by Gasteiger charge is -2.19. The van der Waals surface area contributed by atoms with Gasteiger partial charge in [-0.05, 0) is 29.6 Å². The third-order valence-corrected chi connectivity index (χ3v) is 3.76. The van der Waals surface area contributed by atoms with Gasteiger partial charge in [0.15, 0.2) is 0 Å². The van der Waals surface area contributed by atoms with E-state index >= 15 is 0 Å². The van der Waals surface area contributed by atoms with Crippen molar-refractivity contribution in [1.82, 2.24) is 0 Å². The number of rotatable bonds is 4. The maximum absolute atomic E-state index is 12.1. The SMILES string of the molecule is COC(=O)c1ccc(Br)cc1N1CC(CN=[N+]=[N-])CC1=O. The number of hydrogen-bond donors (Lipinski definition) is 0. The van der Waals surface area contributed by atoms with Crippen molar-refractivity contribution in [3.8, 4) is 0 Å². The van der Waals surface area contributed by atoms with Gasteiger partial charge in [-0.2, -0.15) is 0 Å². The summed E-state index contributed by atoms with van der Waals surface area (Å²) in [7, 11) is 1.30. The number of methoxy groups -OCH3 is 1. The minimum atomic E-state index is -0.496.